The molecule has 1 aliphatic rings. The van der Waals surface area contributed by atoms with Crippen LogP contribution in [-0.4, -0.2) is 82.4 Å². The van der Waals surface area contributed by atoms with Crippen molar-refractivity contribution in [3.63, 3.8) is 0 Å². The second-order valence-electron chi connectivity index (χ2n) is 7.03. The first-order valence-electron chi connectivity index (χ1n) is 9.17. The Morgan fingerprint density at radius 3 is 2.12 bits per heavy atom. The van der Waals surface area contributed by atoms with Gasteiger partial charge >= 0.3 is 0 Å². The summed E-state index contributed by atoms with van der Waals surface area (Å²) in [6, 6.07) is -1.40. The van der Waals surface area contributed by atoms with Crippen LogP contribution in [0.4, 0.5) is 11.4 Å². The van der Waals surface area contributed by atoms with Crippen LogP contribution in [0.25, 0.3) is 0 Å². The van der Waals surface area contributed by atoms with Gasteiger partial charge in [0, 0.05) is 20.9 Å². The van der Waals surface area contributed by atoms with Gasteiger partial charge in [0.25, 0.3) is 5.91 Å². The summed E-state index contributed by atoms with van der Waals surface area (Å²) >= 11 is 5.78. The van der Waals surface area contributed by atoms with Gasteiger partial charge in [-0.3, -0.25) is 14.4 Å². The lowest BCUT2D eigenvalue weighted by Gasteiger charge is -2.40. The molecule has 6 N–H and O–H groups in total. The normalized spacial score (nSPS) is 25.2. The van der Waals surface area contributed by atoms with Crippen LogP contribution in [-0.2, 0) is 14.3 Å². The summed E-state index contributed by atoms with van der Waals surface area (Å²) in [5.41, 5.74) is 0.819. The molecule has 5 atom stereocenters. The molecule has 1 aromatic rings. The number of nitrogens with one attached hydrogen (secondary N) is 2. The molecule has 0 saturated carbocycles. The van der Waals surface area contributed by atoms with Crippen LogP contribution in [0.2, 0.25) is 0 Å². The van der Waals surface area contributed by atoms with Crippen LogP contribution in [0.5, 0.6) is 0 Å². The number of hydrogen-bond acceptors (Lipinski definition) is 8. The van der Waals surface area contributed by atoms with Crippen LogP contribution < -0.4 is 15.5 Å². The molecule has 3 unspecified atom stereocenters. The van der Waals surface area contributed by atoms with Crippen molar-refractivity contribution in [1.29, 1.82) is 0 Å². The first kappa shape index (κ1) is 27.9. The summed E-state index contributed by atoms with van der Waals surface area (Å²) in [6.45, 7) is 2.03. The molecular weight excluding hydrogens is 767 g/mol. The maximum absolute atomic E-state index is 13.2. The highest BCUT2D eigenvalue weighted by molar-refractivity contribution is 14.1. The Morgan fingerprint density at radius 2 is 1.62 bits per heavy atom. The number of nitrogens with zero attached hydrogens (tertiary/aromatic N) is 1. The van der Waals surface area contributed by atoms with Gasteiger partial charge in [0.15, 0.2) is 6.29 Å². The average Bonchev–Trinajstić information content (AvgIpc) is 2.70. The van der Waals surface area contributed by atoms with E-state index in [0.717, 1.165) is 0 Å². The number of rotatable bonds is 5. The molecule has 1 aliphatic heterocycles. The minimum absolute atomic E-state index is 0.0941. The van der Waals surface area contributed by atoms with E-state index in [4.69, 9.17) is 4.74 Å². The van der Waals surface area contributed by atoms with E-state index >= 15 is 0 Å². The van der Waals surface area contributed by atoms with Crippen molar-refractivity contribution in [1.82, 2.24) is 5.32 Å². The third-order valence-corrected chi connectivity index (χ3v) is 8.01. The fourth-order valence-corrected chi connectivity index (χ4v) is 7.71. The molecule has 0 aliphatic carbocycles. The number of carbonyl (C=O) groups is 3. The molecule has 0 spiro atoms. The van der Waals surface area contributed by atoms with E-state index in [-0.39, 0.29) is 17.4 Å². The fourth-order valence-electron chi connectivity index (χ4n) is 3.06. The lowest BCUT2D eigenvalue weighted by Crippen LogP contribution is -2.64. The number of hydrogen-bond donors (Lipinski definition) is 6. The topological polar surface area (TPSA) is 169 Å². The SMILES string of the molecule is CC(=O)Nc1c(I)c(C(=O)N[C@@H]2C(O)OC(CO)[C@@H](O)C2O)c(I)c(N(C)C(C)=O)c1I. The van der Waals surface area contributed by atoms with Crippen LogP contribution >= 0.6 is 67.8 Å². The molecule has 11 nitrogen and oxygen atoms in total. The van der Waals surface area contributed by atoms with Crippen molar-refractivity contribution in [2.24, 2.45) is 0 Å². The standard InChI is InChI=1S/C18H22I3N3O8/c1-5(26)22-12-9(19)8(10(20)14(11(12)21)24(3)6(2)27)17(30)23-13-16(29)15(28)7(4-25)32-18(13)31/h7,13,15-16,18,25,28-29,31H,4H2,1-3H3,(H,22,26)(H,23,30)/t7?,13-,15+,16?,18?/m0/s1. The van der Waals surface area contributed by atoms with Crippen molar-refractivity contribution >= 4 is 96.9 Å². The second-order valence-corrected chi connectivity index (χ2v) is 10.3. The number of halogens is 3. The molecule has 1 aromatic carbocycles. The van der Waals surface area contributed by atoms with Gasteiger partial charge in [-0.1, -0.05) is 0 Å². The Bertz CT molecular complexity index is 931. The van der Waals surface area contributed by atoms with E-state index in [1.54, 1.807) is 0 Å². The molecule has 1 heterocycles. The maximum atomic E-state index is 13.2. The third-order valence-electron chi connectivity index (χ3n) is 4.83. The van der Waals surface area contributed by atoms with Crippen molar-refractivity contribution < 1.29 is 39.5 Å². The fraction of sp³-hybridized carbons (Fsp3) is 0.500. The van der Waals surface area contributed by atoms with E-state index in [1.165, 1.54) is 25.8 Å². The third kappa shape index (κ3) is 5.63. The number of anilines is 2. The lowest BCUT2D eigenvalue weighted by atomic mass is 9.96. The van der Waals surface area contributed by atoms with Gasteiger partial charge in [0.05, 0.1) is 34.3 Å². The highest BCUT2D eigenvalue weighted by Gasteiger charge is 2.44. The number of aliphatic hydroxyl groups excluding tert-OH is 4. The second kappa shape index (κ2) is 11.4. The minimum atomic E-state index is -1.69. The Morgan fingerprint density at radius 1 is 1.03 bits per heavy atom. The summed E-state index contributed by atoms with van der Waals surface area (Å²) in [6.07, 6.45) is -6.07. The van der Waals surface area contributed by atoms with Gasteiger partial charge in [-0.2, -0.15) is 0 Å². The smallest absolute Gasteiger partial charge is 0.254 e. The summed E-state index contributed by atoms with van der Waals surface area (Å²) < 4.78 is 6.40. The number of amides is 3. The van der Waals surface area contributed by atoms with E-state index in [1.807, 2.05) is 67.8 Å². The van der Waals surface area contributed by atoms with Crippen LogP contribution in [0.1, 0.15) is 24.2 Å². The molecule has 3 amide bonds. The quantitative estimate of drug-likeness (QED) is 0.227. The summed E-state index contributed by atoms with van der Waals surface area (Å²) in [7, 11) is 1.53. The van der Waals surface area contributed by atoms with E-state index in [9.17, 15) is 34.8 Å². The molecule has 0 radical (unpaired) electrons. The van der Waals surface area contributed by atoms with E-state index in [0.29, 0.717) is 22.1 Å². The van der Waals surface area contributed by atoms with E-state index < -0.39 is 43.2 Å². The number of carbonyl (C=O) groups excluding carboxylic acids is 3. The van der Waals surface area contributed by atoms with Crippen LogP contribution in [0.3, 0.4) is 0 Å². The maximum Gasteiger partial charge on any atom is 0.254 e. The van der Waals surface area contributed by atoms with Gasteiger partial charge in [-0.25, -0.2) is 0 Å². The van der Waals surface area contributed by atoms with Crippen molar-refractivity contribution in [3.8, 4) is 0 Å². The zero-order chi connectivity index (χ0) is 24.5. The van der Waals surface area contributed by atoms with Gasteiger partial charge in [-0.15, -0.1) is 0 Å². The Hall–Kier alpha value is -0.380. The molecule has 2 rings (SSSR count). The van der Waals surface area contributed by atoms with Crippen molar-refractivity contribution in [2.75, 3.05) is 23.9 Å². The Labute approximate surface area is 224 Å². The predicted molar refractivity (Wildman–Crippen MR) is 139 cm³/mol. The van der Waals surface area contributed by atoms with Gasteiger partial charge in [0.1, 0.15) is 24.4 Å². The summed E-state index contributed by atoms with van der Waals surface area (Å²) in [5.74, 6) is -1.41. The molecule has 178 valence electrons. The first-order chi connectivity index (χ1) is 14.8. The summed E-state index contributed by atoms with van der Waals surface area (Å²) in [5, 5.41) is 45.0. The molecule has 1 fully saturated rings. The van der Waals surface area contributed by atoms with Gasteiger partial charge in [0.2, 0.25) is 11.8 Å². The molecule has 32 heavy (non-hydrogen) atoms. The Kier molecular flexibility index (Phi) is 9.89. The Balaban J connectivity index is 2.56. The molecule has 14 heteroatoms. The summed E-state index contributed by atoms with van der Waals surface area (Å²) in [4.78, 5) is 38.4. The number of ether oxygens (including phenoxy) is 1. The number of aliphatic hydroxyl groups is 4. The van der Waals surface area contributed by atoms with Crippen molar-refractivity contribution in [3.05, 3.63) is 16.3 Å². The first-order valence-corrected chi connectivity index (χ1v) is 12.4. The van der Waals surface area contributed by atoms with Gasteiger partial charge in [-0.05, 0) is 67.8 Å². The number of benzene rings is 1. The zero-order valence-electron chi connectivity index (χ0n) is 17.1. The molecule has 1 saturated heterocycles. The highest BCUT2D eigenvalue weighted by atomic mass is 127. The molecule has 0 aromatic heterocycles. The minimum Gasteiger partial charge on any atom is -0.394 e. The average molecular weight is 789 g/mol. The zero-order valence-corrected chi connectivity index (χ0v) is 23.6. The highest BCUT2D eigenvalue weighted by Crippen LogP contribution is 2.40. The largest absolute Gasteiger partial charge is 0.394 e. The molecular formula is C18H22I3N3O8. The van der Waals surface area contributed by atoms with Gasteiger partial charge < -0.3 is 40.7 Å². The van der Waals surface area contributed by atoms with Crippen LogP contribution in [0.15, 0.2) is 0 Å². The van der Waals surface area contributed by atoms with Crippen molar-refractivity contribution in [2.45, 2.75) is 44.5 Å². The van der Waals surface area contributed by atoms with E-state index in [2.05, 4.69) is 10.6 Å². The monoisotopic (exact) mass is 789 g/mol. The predicted octanol–water partition coefficient (Wildman–Crippen LogP) is -0.0288. The lowest BCUT2D eigenvalue weighted by molar-refractivity contribution is -0.252. The van der Waals surface area contributed by atoms with Crippen LogP contribution in [0, 0.1) is 10.7 Å². The molecule has 0 bridgehead atoms.